The Morgan fingerprint density at radius 2 is 2.06 bits per heavy atom. The van der Waals surface area contributed by atoms with Crippen LogP contribution in [0.4, 0.5) is 0 Å². The molecule has 17 heavy (non-hydrogen) atoms. The van der Waals surface area contributed by atoms with Gasteiger partial charge in [0.25, 0.3) is 0 Å². The van der Waals surface area contributed by atoms with E-state index < -0.39 is 0 Å². The maximum Gasteiger partial charge on any atom is 0.0408 e. The molecule has 1 heterocycles. The molecule has 0 aliphatic carbocycles. The number of halogens is 2. The van der Waals surface area contributed by atoms with Crippen molar-refractivity contribution in [2.75, 3.05) is 32.7 Å². The summed E-state index contributed by atoms with van der Waals surface area (Å²) in [6.07, 6.45) is 0. The molecule has 0 amide bonds. The minimum Gasteiger partial charge on any atom is -0.314 e. The normalized spacial score (nSPS) is 18.5. The predicted octanol–water partition coefficient (Wildman–Crippen LogP) is 2.77. The lowest BCUT2D eigenvalue weighted by molar-refractivity contribution is 0.230. The van der Waals surface area contributed by atoms with Crippen LogP contribution in [0.15, 0.2) is 24.3 Å². The van der Waals surface area contributed by atoms with Gasteiger partial charge in [0, 0.05) is 37.7 Å². The molecule has 0 bridgehead atoms. The molecule has 0 saturated carbocycles. The van der Waals surface area contributed by atoms with E-state index in [0.29, 0.717) is 5.92 Å². The van der Waals surface area contributed by atoms with E-state index in [4.69, 9.17) is 11.6 Å². The van der Waals surface area contributed by atoms with Crippen LogP contribution in [0.5, 0.6) is 0 Å². The van der Waals surface area contributed by atoms with Gasteiger partial charge < -0.3 is 10.2 Å². The number of hydrogen-bond donors (Lipinski definition) is 1. The van der Waals surface area contributed by atoms with Gasteiger partial charge in [-0.1, -0.05) is 30.7 Å². The molecule has 1 saturated heterocycles. The summed E-state index contributed by atoms with van der Waals surface area (Å²) >= 11 is 6.01. The zero-order valence-corrected chi connectivity index (χ0v) is 11.7. The van der Waals surface area contributed by atoms with E-state index >= 15 is 0 Å². The van der Waals surface area contributed by atoms with E-state index in [9.17, 15) is 0 Å². The zero-order valence-electron chi connectivity index (χ0n) is 10.2. The molecular formula is C13H20Cl2N2. The first-order valence-electron chi connectivity index (χ1n) is 5.94. The molecule has 1 aliphatic heterocycles. The minimum atomic E-state index is 0. The van der Waals surface area contributed by atoms with Gasteiger partial charge in [-0.3, -0.25) is 0 Å². The summed E-state index contributed by atoms with van der Waals surface area (Å²) in [4.78, 5) is 2.52. The first kappa shape index (κ1) is 14.8. The molecule has 4 heteroatoms. The molecule has 1 fully saturated rings. The Kier molecular flexibility index (Phi) is 6.28. The Morgan fingerprint density at radius 1 is 1.35 bits per heavy atom. The van der Waals surface area contributed by atoms with E-state index in [-0.39, 0.29) is 12.4 Å². The average Bonchev–Trinajstić information content (AvgIpc) is 2.30. The van der Waals surface area contributed by atoms with E-state index in [1.54, 1.807) is 0 Å². The smallest absolute Gasteiger partial charge is 0.0408 e. The molecule has 0 aromatic heterocycles. The van der Waals surface area contributed by atoms with Crippen LogP contribution in [0.3, 0.4) is 0 Å². The molecular weight excluding hydrogens is 255 g/mol. The highest BCUT2D eigenvalue weighted by molar-refractivity contribution is 6.30. The van der Waals surface area contributed by atoms with Crippen LogP contribution in [-0.2, 0) is 0 Å². The number of piperazine rings is 1. The van der Waals surface area contributed by atoms with Gasteiger partial charge in [-0.2, -0.15) is 0 Å². The van der Waals surface area contributed by atoms with Crippen LogP contribution < -0.4 is 5.32 Å². The summed E-state index contributed by atoms with van der Waals surface area (Å²) in [5.74, 6) is 0.553. The Hall–Kier alpha value is -0.280. The van der Waals surface area contributed by atoms with Crippen molar-refractivity contribution in [1.82, 2.24) is 10.2 Å². The number of rotatable bonds is 3. The van der Waals surface area contributed by atoms with Gasteiger partial charge in [-0.05, 0) is 23.6 Å². The maximum absolute atomic E-state index is 6.01. The highest BCUT2D eigenvalue weighted by Crippen LogP contribution is 2.20. The van der Waals surface area contributed by atoms with Crippen molar-refractivity contribution in [3.05, 3.63) is 34.9 Å². The molecule has 1 aromatic rings. The lowest BCUT2D eigenvalue weighted by Gasteiger charge is -2.29. The predicted molar refractivity (Wildman–Crippen MR) is 76.4 cm³/mol. The monoisotopic (exact) mass is 274 g/mol. The molecule has 2 rings (SSSR count). The molecule has 1 atom stereocenters. The van der Waals surface area contributed by atoms with E-state index in [0.717, 1.165) is 37.7 Å². The fourth-order valence-corrected chi connectivity index (χ4v) is 2.40. The number of hydrogen-bond acceptors (Lipinski definition) is 2. The van der Waals surface area contributed by atoms with Crippen LogP contribution in [0.25, 0.3) is 0 Å². The van der Waals surface area contributed by atoms with E-state index in [1.807, 2.05) is 12.1 Å². The van der Waals surface area contributed by atoms with Gasteiger partial charge in [-0.25, -0.2) is 0 Å². The van der Waals surface area contributed by atoms with Crippen LogP contribution in [0.1, 0.15) is 18.4 Å². The quantitative estimate of drug-likeness (QED) is 0.912. The lowest BCUT2D eigenvalue weighted by atomic mass is 10.0. The summed E-state index contributed by atoms with van der Waals surface area (Å²) < 4.78 is 0. The Balaban J connectivity index is 0.00000144. The molecule has 2 nitrogen and oxygen atoms in total. The largest absolute Gasteiger partial charge is 0.314 e. The van der Waals surface area contributed by atoms with Crippen LogP contribution >= 0.6 is 24.0 Å². The summed E-state index contributed by atoms with van der Waals surface area (Å²) in [6.45, 7) is 7.94. The van der Waals surface area contributed by atoms with Crippen molar-refractivity contribution in [3.8, 4) is 0 Å². The molecule has 1 aliphatic rings. The summed E-state index contributed by atoms with van der Waals surface area (Å²) in [7, 11) is 0. The molecule has 1 unspecified atom stereocenters. The lowest BCUT2D eigenvalue weighted by Crippen LogP contribution is -2.44. The standard InChI is InChI=1S/C13H19ClN2.ClH/c1-11(10-16-7-5-15-6-8-16)12-3-2-4-13(14)9-12;/h2-4,9,11,15H,5-8,10H2,1H3;1H. The van der Waals surface area contributed by atoms with Crippen molar-refractivity contribution < 1.29 is 0 Å². The maximum atomic E-state index is 6.01. The van der Waals surface area contributed by atoms with Crippen molar-refractivity contribution in [2.24, 2.45) is 0 Å². The zero-order chi connectivity index (χ0) is 11.4. The number of nitrogens with one attached hydrogen (secondary N) is 1. The third-order valence-corrected chi connectivity index (χ3v) is 3.39. The van der Waals surface area contributed by atoms with Gasteiger partial charge in [0.05, 0.1) is 0 Å². The second-order valence-corrected chi connectivity index (χ2v) is 4.94. The van der Waals surface area contributed by atoms with Crippen LogP contribution in [0.2, 0.25) is 5.02 Å². The summed E-state index contributed by atoms with van der Waals surface area (Å²) in [5, 5.41) is 4.21. The van der Waals surface area contributed by atoms with Gasteiger partial charge >= 0.3 is 0 Å². The van der Waals surface area contributed by atoms with Crippen LogP contribution in [0, 0.1) is 0 Å². The van der Waals surface area contributed by atoms with Gasteiger partial charge in [0.1, 0.15) is 0 Å². The fourth-order valence-electron chi connectivity index (χ4n) is 2.20. The van der Waals surface area contributed by atoms with Crippen LogP contribution in [-0.4, -0.2) is 37.6 Å². The summed E-state index contributed by atoms with van der Waals surface area (Å²) in [6, 6.07) is 8.21. The molecule has 0 spiro atoms. The van der Waals surface area contributed by atoms with Crippen molar-refractivity contribution >= 4 is 24.0 Å². The van der Waals surface area contributed by atoms with Gasteiger partial charge in [0.2, 0.25) is 0 Å². The van der Waals surface area contributed by atoms with Gasteiger partial charge in [-0.15, -0.1) is 12.4 Å². The second kappa shape index (κ2) is 7.22. The highest BCUT2D eigenvalue weighted by Gasteiger charge is 2.14. The third kappa shape index (κ3) is 4.47. The van der Waals surface area contributed by atoms with E-state index in [1.165, 1.54) is 5.56 Å². The Labute approximate surface area is 115 Å². The minimum absolute atomic E-state index is 0. The number of nitrogens with zero attached hydrogens (tertiary/aromatic N) is 1. The molecule has 1 aromatic carbocycles. The third-order valence-electron chi connectivity index (χ3n) is 3.16. The van der Waals surface area contributed by atoms with Crippen molar-refractivity contribution in [1.29, 1.82) is 0 Å². The Bertz CT molecular complexity index is 338. The molecule has 1 N–H and O–H groups in total. The average molecular weight is 275 g/mol. The van der Waals surface area contributed by atoms with Crippen molar-refractivity contribution in [3.63, 3.8) is 0 Å². The SMILES string of the molecule is CC(CN1CCNCC1)c1cccc(Cl)c1.Cl. The van der Waals surface area contributed by atoms with Crippen molar-refractivity contribution in [2.45, 2.75) is 12.8 Å². The fraction of sp³-hybridized carbons (Fsp3) is 0.538. The van der Waals surface area contributed by atoms with E-state index in [2.05, 4.69) is 29.3 Å². The first-order valence-corrected chi connectivity index (χ1v) is 6.32. The Morgan fingerprint density at radius 3 is 2.71 bits per heavy atom. The topological polar surface area (TPSA) is 15.3 Å². The number of benzene rings is 1. The second-order valence-electron chi connectivity index (χ2n) is 4.51. The summed E-state index contributed by atoms with van der Waals surface area (Å²) in [5.41, 5.74) is 1.34. The molecule has 0 radical (unpaired) electrons. The highest BCUT2D eigenvalue weighted by atomic mass is 35.5. The molecule has 96 valence electrons. The van der Waals surface area contributed by atoms with Gasteiger partial charge in [0.15, 0.2) is 0 Å². The first-order chi connectivity index (χ1) is 7.75.